The number of benzene rings is 1. The maximum atomic E-state index is 12.0. The molecule has 6 nitrogen and oxygen atoms in total. The lowest BCUT2D eigenvalue weighted by atomic mass is 10.0. The first kappa shape index (κ1) is 13.6. The molecule has 0 aliphatic carbocycles. The summed E-state index contributed by atoms with van der Waals surface area (Å²) in [5, 5.41) is 13.8. The van der Waals surface area contributed by atoms with E-state index in [1.54, 1.807) is 0 Å². The van der Waals surface area contributed by atoms with Crippen molar-refractivity contribution >= 4 is 11.5 Å². The van der Waals surface area contributed by atoms with Crippen LogP contribution in [0.3, 0.4) is 0 Å². The largest absolute Gasteiger partial charge is 0.378 e. The van der Waals surface area contributed by atoms with Gasteiger partial charge >= 0.3 is 0 Å². The fraction of sp³-hybridized carbons (Fsp3) is 0.462. The monoisotopic (exact) mass is 264 g/mol. The number of carbonyl (C=O) groups excluding carboxylic acids is 1. The number of non-ortho nitro benzene ring substituents is 1. The van der Waals surface area contributed by atoms with E-state index in [0.717, 1.165) is 0 Å². The minimum absolute atomic E-state index is 0.00596. The quantitative estimate of drug-likeness (QED) is 0.507. The topological polar surface area (TPSA) is 81.5 Å². The van der Waals surface area contributed by atoms with Crippen molar-refractivity contribution in [2.24, 2.45) is 0 Å². The van der Waals surface area contributed by atoms with Gasteiger partial charge in [-0.05, 0) is 19.1 Å². The number of rotatable bonds is 4. The van der Waals surface area contributed by atoms with Gasteiger partial charge < -0.3 is 10.1 Å². The highest BCUT2D eigenvalue weighted by Crippen LogP contribution is 2.14. The number of hydrogen-bond acceptors (Lipinski definition) is 5. The predicted octanol–water partition coefficient (Wildman–Crippen LogP) is 1.54. The number of nitro benzene ring substituents is 1. The highest BCUT2D eigenvalue weighted by atomic mass is 16.6. The Morgan fingerprint density at radius 2 is 2.11 bits per heavy atom. The summed E-state index contributed by atoms with van der Waals surface area (Å²) in [6, 6.07) is 5.93. The van der Waals surface area contributed by atoms with Crippen LogP contribution in [0, 0.1) is 10.1 Å². The highest BCUT2D eigenvalue weighted by molar-refractivity contribution is 5.96. The molecule has 6 heteroatoms. The number of ketones is 1. The lowest BCUT2D eigenvalue weighted by molar-refractivity contribution is -0.384. The molecule has 102 valence electrons. The molecule has 0 spiro atoms. The molecule has 1 N–H and O–H groups in total. The van der Waals surface area contributed by atoms with E-state index in [4.69, 9.17) is 4.74 Å². The summed E-state index contributed by atoms with van der Waals surface area (Å²) in [6.07, 6.45) is 0.335. The van der Waals surface area contributed by atoms with Gasteiger partial charge in [-0.2, -0.15) is 0 Å². The van der Waals surface area contributed by atoms with E-state index in [2.05, 4.69) is 5.32 Å². The molecule has 2 atom stereocenters. The second-order valence-corrected chi connectivity index (χ2v) is 4.73. The van der Waals surface area contributed by atoms with Crippen LogP contribution < -0.4 is 5.32 Å². The van der Waals surface area contributed by atoms with Gasteiger partial charge in [-0.15, -0.1) is 0 Å². The highest BCUT2D eigenvalue weighted by Gasteiger charge is 2.21. The van der Waals surface area contributed by atoms with Crippen LogP contribution in [0.25, 0.3) is 0 Å². The van der Waals surface area contributed by atoms with Crippen molar-refractivity contribution in [1.82, 2.24) is 5.32 Å². The van der Waals surface area contributed by atoms with Crippen molar-refractivity contribution in [3.8, 4) is 0 Å². The summed E-state index contributed by atoms with van der Waals surface area (Å²) < 4.78 is 5.38. The summed E-state index contributed by atoms with van der Waals surface area (Å²) in [5.41, 5.74) is 0.481. The lowest BCUT2D eigenvalue weighted by Gasteiger charge is -2.28. The van der Waals surface area contributed by atoms with Gasteiger partial charge in [0.2, 0.25) is 0 Å². The van der Waals surface area contributed by atoms with Crippen LogP contribution in [0.15, 0.2) is 24.3 Å². The Hall–Kier alpha value is -1.79. The van der Waals surface area contributed by atoms with Crippen LogP contribution >= 0.6 is 0 Å². The van der Waals surface area contributed by atoms with E-state index < -0.39 is 4.92 Å². The number of Topliss-reactive ketones (excluding diaryl/α,β-unsaturated/α-hetero) is 1. The molecular formula is C13H16N2O4. The standard InChI is InChI=1S/C13H16N2O4/c1-9-7-19-8-11(14-9)6-13(16)10-2-4-12(5-3-10)15(17)18/h2-5,9,11,14H,6-8H2,1H3. The summed E-state index contributed by atoms with van der Waals surface area (Å²) in [5.74, 6) is -0.0369. The van der Waals surface area contributed by atoms with Crippen molar-refractivity contribution in [3.63, 3.8) is 0 Å². The third-order valence-corrected chi connectivity index (χ3v) is 3.04. The minimum atomic E-state index is -0.480. The van der Waals surface area contributed by atoms with Crippen molar-refractivity contribution < 1.29 is 14.5 Å². The first-order valence-corrected chi connectivity index (χ1v) is 6.17. The van der Waals surface area contributed by atoms with Crippen molar-refractivity contribution in [2.45, 2.75) is 25.4 Å². The zero-order valence-electron chi connectivity index (χ0n) is 10.7. The van der Waals surface area contributed by atoms with Gasteiger partial charge in [0.05, 0.1) is 18.1 Å². The van der Waals surface area contributed by atoms with E-state index in [0.29, 0.717) is 25.2 Å². The first-order chi connectivity index (χ1) is 9.06. The van der Waals surface area contributed by atoms with Gasteiger partial charge in [0.1, 0.15) is 0 Å². The smallest absolute Gasteiger partial charge is 0.269 e. The Bertz CT molecular complexity index is 472. The Labute approximate surface area is 110 Å². The number of nitrogens with zero attached hydrogens (tertiary/aromatic N) is 1. The molecule has 1 fully saturated rings. The summed E-state index contributed by atoms with van der Waals surface area (Å²) in [6.45, 7) is 3.17. The van der Waals surface area contributed by atoms with Crippen molar-refractivity contribution in [2.75, 3.05) is 13.2 Å². The van der Waals surface area contributed by atoms with Gasteiger partial charge in [-0.25, -0.2) is 0 Å². The van der Waals surface area contributed by atoms with Gasteiger partial charge in [0.15, 0.2) is 5.78 Å². The summed E-state index contributed by atoms with van der Waals surface area (Å²) in [7, 11) is 0. The normalized spacial score (nSPS) is 23.0. The molecule has 19 heavy (non-hydrogen) atoms. The minimum Gasteiger partial charge on any atom is -0.378 e. The third kappa shape index (κ3) is 3.59. The van der Waals surface area contributed by atoms with Gasteiger partial charge in [0.25, 0.3) is 5.69 Å². The molecule has 1 aromatic rings. The molecule has 0 bridgehead atoms. The number of ether oxygens (including phenoxy) is 1. The van der Waals surface area contributed by atoms with Crippen molar-refractivity contribution in [3.05, 3.63) is 39.9 Å². The fourth-order valence-corrected chi connectivity index (χ4v) is 2.11. The first-order valence-electron chi connectivity index (χ1n) is 6.17. The molecule has 0 amide bonds. The predicted molar refractivity (Wildman–Crippen MR) is 69.2 cm³/mol. The van der Waals surface area contributed by atoms with Crippen LogP contribution in [0.4, 0.5) is 5.69 Å². The number of morpholine rings is 1. The van der Waals surface area contributed by atoms with Crippen LogP contribution in [0.5, 0.6) is 0 Å². The molecule has 1 aromatic carbocycles. The molecule has 1 aliphatic heterocycles. The zero-order chi connectivity index (χ0) is 13.8. The van der Waals surface area contributed by atoms with E-state index in [1.807, 2.05) is 6.92 Å². The molecule has 1 saturated heterocycles. The van der Waals surface area contributed by atoms with Crippen molar-refractivity contribution in [1.29, 1.82) is 0 Å². The number of nitrogens with one attached hydrogen (secondary N) is 1. The average molecular weight is 264 g/mol. The molecule has 1 heterocycles. The Balaban J connectivity index is 1.97. The molecule has 1 aliphatic rings. The molecule has 0 saturated carbocycles. The van der Waals surface area contributed by atoms with E-state index in [9.17, 15) is 14.9 Å². The van der Waals surface area contributed by atoms with E-state index >= 15 is 0 Å². The van der Waals surface area contributed by atoms with Crippen LogP contribution in [0.2, 0.25) is 0 Å². The average Bonchev–Trinajstić information content (AvgIpc) is 2.39. The van der Waals surface area contributed by atoms with Gasteiger partial charge in [0, 0.05) is 36.2 Å². The SMILES string of the molecule is CC1COCC(CC(=O)c2ccc([N+](=O)[O-])cc2)N1. The van der Waals surface area contributed by atoms with Gasteiger partial charge in [-0.1, -0.05) is 0 Å². The fourth-order valence-electron chi connectivity index (χ4n) is 2.11. The second kappa shape index (κ2) is 5.90. The van der Waals surface area contributed by atoms with Gasteiger partial charge in [-0.3, -0.25) is 14.9 Å². The maximum absolute atomic E-state index is 12.0. The van der Waals surface area contributed by atoms with E-state index in [1.165, 1.54) is 24.3 Å². The molecule has 2 rings (SSSR count). The Kier molecular flexibility index (Phi) is 4.24. The van der Waals surface area contributed by atoms with Crippen LogP contribution in [-0.2, 0) is 4.74 Å². The molecule has 0 aromatic heterocycles. The zero-order valence-corrected chi connectivity index (χ0v) is 10.7. The molecule has 2 unspecified atom stereocenters. The number of hydrogen-bond donors (Lipinski definition) is 1. The Morgan fingerprint density at radius 3 is 2.68 bits per heavy atom. The summed E-state index contributed by atoms with van der Waals surface area (Å²) >= 11 is 0. The molecule has 0 radical (unpaired) electrons. The van der Waals surface area contributed by atoms with Crippen LogP contribution in [0.1, 0.15) is 23.7 Å². The number of carbonyl (C=O) groups is 1. The van der Waals surface area contributed by atoms with Crippen LogP contribution in [-0.4, -0.2) is 36.0 Å². The maximum Gasteiger partial charge on any atom is 0.269 e. The Morgan fingerprint density at radius 1 is 1.42 bits per heavy atom. The van der Waals surface area contributed by atoms with E-state index in [-0.39, 0.29) is 23.6 Å². The second-order valence-electron chi connectivity index (χ2n) is 4.73. The lowest BCUT2D eigenvalue weighted by Crippen LogP contribution is -2.48. The number of nitro groups is 1. The summed E-state index contributed by atoms with van der Waals surface area (Å²) in [4.78, 5) is 22.1. The molecular weight excluding hydrogens is 248 g/mol. The third-order valence-electron chi connectivity index (χ3n) is 3.04.